The van der Waals surface area contributed by atoms with Crippen LogP contribution in [-0.4, -0.2) is 38.2 Å². The van der Waals surface area contributed by atoms with E-state index in [0.29, 0.717) is 0 Å². The summed E-state index contributed by atoms with van der Waals surface area (Å²) in [5.41, 5.74) is -0.304. The lowest BCUT2D eigenvalue weighted by Crippen LogP contribution is -2.48. The van der Waals surface area contributed by atoms with Crippen molar-refractivity contribution in [1.82, 2.24) is 14.5 Å². The Balaban J connectivity index is 2.98. The van der Waals surface area contributed by atoms with Crippen LogP contribution in [0.3, 0.4) is 0 Å². The number of aliphatic hydroxyl groups excluding tert-OH is 1. The summed E-state index contributed by atoms with van der Waals surface area (Å²) in [7, 11) is 0. The van der Waals surface area contributed by atoms with Crippen molar-refractivity contribution in [1.29, 1.82) is 0 Å². The van der Waals surface area contributed by atoms with Gasteiger partial charge in [-0.05, 0) is 33.9 Å². The molecule has 1 aromatic rings. The minimum atomic E-state index is -0.572. The number of aliphatic hydroxyl groups is 1. The first-order valence-corrected chi connectivity index (χ1v) is 6.43. The van der Waals surface area contributed by atoms with Gasteiger partial charge in [0.2, 0.25) is 0 Å². The molecule has 17 heavy (non-hydrogen) atoms. The van der Waals surface area contributed by atoms with Gasteiger partial charge in [-0.1, -0.05) is 13.8 Å². The van der Waals surface area contributed by atoms with Gasteiger partial charge in [0.05, 0.1) is 0 Å². The number of aryl methyl sites for hydroxylation is 1. The summed E-state index contributed by atoms with van der Waals surface area (Å²) in [6, 6.07) is 0. The van der Waals surface area contributed by atoms with Gasteiger partial charge in [-0.25, -0.2) is 4.98 Å². The Morgan fingerprint density at radius 3 is 2.41 bits per heavy atom. The van der Waals surface area contributed by atoms with Gasteiger partial charge in [0.1, 0.15) is 11.9 Å². The molecule has 0 bridgehead atoms. The predicted octanol–water partition coefficient (Wildman–Crippen LogP) is 2.06. The molecular weight excluding hydrogens is 214 g/mol. The molecule has 1 heterocycles. The number of hydrogen-bond acceptors (Lipinski definition) is 3. The monoisotopic (exact) mass is 239 g/mol. The van der Waals surface area contributed by atoms with Crippen LogP contribution >= 0.6 is 0 Å². The molecule has 0 saturated carbocycles. The molecule has 0 spiro atoms. The summed E-state index contributed by atoms with van der Waals surface area (Å²) in [6.07, 6.45) is 3.09. The standard InChI is InChI=1S/C13H25N3O/c1-6-15-10-9-14-12(15)11(17)13(4,5)16(7-2)8-3/h9-11,17H,6-8H2,1-5H3. The minimum Gasteiger partial charge on any atom is -0.383 e. The zero-order valence-corrected chi connectivity index (χ0v) is 11.6. The van der Waals surface area contributed by atoms with Gasteiger partial charge in [-0.15, -0.1) is 0 Å². The molecule has 0 amide bonds. The average molecular weight is 239 g/mol. The first-order valence-electron chi connectivity index (χ1n) is 6.43. The van der Waals surface area contributed by atoms with Crippen LogP contribution in [0.4, 0.5) is 0 Å². The van der Waals surface area contributed by atoms with Crippen molar-refractivity contribution in [3.8, 4) is 0 Å². The summed E-state index contributed by atoms with van der Waals surface area (Å²) in [4.78, 5) is 6.55. The minimum absolute atomic E-state index is 0.304. The maximum atomic E-state index is 10.6. The van der Waals surface area contributed by atoms with Gasteiger partial charge in [0, 0.05) is 24.5 Å². The van der Waals surface area contributed by atoms with E-state index >= 15 is 0 Å². The lowest BCUT2D eigenvalue weighted by atomic mass is 9.94. The molecule has 0 aliphatic heterocycles. The highest BCUT2D eigenvalue weighted by atomic mass is 16.3. The maximum Gasteiger partial charge on any atom is 0.139 e. The third-order valence-electron chi connectivity index (χ3n) is 3.58. The van der Waals surface area contributed by atoms with Gasteiger partial charge in [-0.2, -0.15) is 0 Å². The molecule has 4 heteroatoms. The fourth-order valence-electron chi connectivity index (χ4n) is 2.36. The van der Waals surface area contributed by atoms with Gasteiger partial charge >= 0.3 is 0 Å². The van der Waals surface area contributed by atoms with Crippen LogP contribution in [-0.2, 0) is 6.54 Å². The summed E-state index contributed by atoms with van der Waals surface area (Å²) in [5.74, 6) is 0.754. The van der Waals surface area contributed by atoms with Crippen molar-refractivity contribution in [2.75, 3.05) is 13.1 Å². The molecule has 0 radical (unpaired) electrons. The molecule has 4 nitrogen and oxygen atoms in total. The molecule has 98 valence electrons. The lowest BCUT2D eigenvalue weighted by Gasteiger charge is -2.40. The van der Waals surface area contributed by atoms with Crippen LogP contribution in [0, 0.1) is 0 Å². The van der Waals surface area contributed by atoms with Crippen LogP contribution < -0.4 is 0 Å². The van der Waals surface area contributed by atoms with E-state index < -0.39 is 6.10 Å². The van der Waals surface area contributed by atoms with Crippen molar-refractivity contribution < 1.29 is 5.11 Å². The van der Waals surface area contributed by atoms with E-state index in [9.17, 15) is 5.11 Å². The Morgan fingerprint density at radius 1 is 1.35 bits per heavy atom. The normalized spacial score (nSPS) is 14.3. The van der Waals surface area contributed by atoms with Crippen molar-refractivity contribution in [2.45, 2.75) is 52.8 Å². The molecule has 0 aliphatic rings. The van der Waals surface area contributed by atoms with Crippen LogP contribution in [0.15, 0.2) is 12.4 Å². The molecule has 1 atom stereocenters. The second-order valence-corrected chi connectivity index (χ2v) is 4.80. The van der Waals surface area contributed by atoms with E-state index in [0.717, 1.165) is 25.5 Å². The molecule has 1 N–H and O–H groups in total. The Bertz CT molecular complexity index is 342. The van der Waals surface area contributed by atoms with Crippen molar-refractivity contribution in [3.63, 3.8) is 0 Å². The Morgan fingerprint density at radius 2 is 1.94 bits per heavy atom. The van der Waals surface area contributed by atoms with Gasteiger partial charge < -0.3 is 9.67 Å². The van der Waals surface area contributed by atoms with Gasteiger partial charge in [0.25, 0.3) is 0 Å². The van der Waals surface area contributed by atoms with E-state index in [1.165, 1.54) is 0 Å². The number of nitrogens with zero attached hydrogens (tertiary/aromatic N) is 3. The summed E-state index contributed by atoms with van der Waals surface area (Å²) >= 11 is 0. The second-order valence-electron chi connectivity index (χ2n) is 4.80. The second kappa shape index (κ2) is 5.65. The van der Waals surface area contributed by atoms with E-state index in [-0.39, 0.29) is 5.54 Å². The van der Waals surface area contributed by atoms with Crippen molar-refractivity contribution in [3.05, 3.63) is 18.2 Å². The zero-order chi connectivity index (χ0) is 13.1. The summed E-state index contributed by atoms with van der Waals surface area (Å²) in [6.45, 7) is 13.1. The fraction of sp³-hybridized carbons (Fsp3) is 0.769. The highest BCUT2D eigenvalue weighted by Crippen LogP contribution is 2.29. The van der Waals surface area contributed by atoms with E-state index in [2.05, 4.69) is 44.5 Å². The van der Waals surface area contributed by atoms with Crippen molar-refractivity contribution >= 4 is 0 Å². The molecule has 1 aromatic heterocycles. The highest BCUT2D eigenvalue weighted by molar-refractivity contribution is 5.04. The number of likely N-dealkylation sites (N-methyl/N-ethyl adjacent to an activating group) is 1. The zero-order valence-electron chi connectivity index (χ0n) is 11.6. The molecule has 0 saturated heterocycles. The van der Waals surface area contributed by atoms with Gasteiger partial charge in [0.15, 0.2) is 0 Å². The topological polar surface area (TPSA) is 41.3 Å². The number of aromatic nitrogens is 2. The Hall–Kier alpha value is -0.870. The van der Waals surface area contributed by atoms with Crippen LogP contribution in [0.25, 0.3) is 0 Å². The Kier molecular flexibility index (Phi) is 4.71. The SMILES string of the molecule is CCN(CC)C(C)(C)C(O)c1nccn1CC. The van der Waals surface area contributed by atoms with Gasteiger partial charge in [-0.3, -0.25) is 4.90 Å². The summed E-state index contributed by atoms with van der Waals surface area (Å²) < 4.78 is 2.00. The third-order valence-corrected chi connectivity index (χ3v) is 3.58. The quantitative estimate of drug-likeness (QED) is 0.826. The predicted molar refractivity (Wildman–Crippen MR) is 69.9 cm³/mol. The van der Waals surface area contributed by atoms with Crippen LogP contribution in [0.1, 0.15) is 46.5 Å². The largest absolute Gasteiger partial charge is 0.383 e. The first-order chi connectivity index (χ1) is 7.98. The number of hydrogen-bond donors (Lipinski definition) is 1. The molecule has 0 aromatic carbocycles. The van der Waals surface area contributed by atoms with Crippen LogP contribution in [0.2, 0.25) is 0 Å². The lowest BCUT2D eigenvalue weighted by molar-refractivity contribution is -0.0130. The summed E-state index contributed by atoms with van der Waals surface area (Å²) in [5, 5.41) is 10.6. The van der Waals surface area contributed by atoms with E-state index in [1.54, 1.807) is 6.20 Å². The molecular formula is C13H25N3O. The van der Waals surface area contributed by atoms with E-state index in [1.807, 2.05) is 10.8 Å². The number of imidazole rings is 1. The molecule has 1 rings (SSSR count). The smallest absolute Gasteiger partial charge is 0.139 e. The van der Waals surface area contributed by atoms with Crippen LogP contribution in [0.5, 0.6) is 0 Å². The highest BCUT2D eigenvalue weighted by Gasteiger charge is 2.36. The Labute approximate surface area is 104 Å². The third kappa shape index (κ3) is 2.69. The molecule has 0 fully saturated rings. The fourth-order valence-corrected chi connectivity index (χ4v) is 2.36. The maximum absolute atomic E-state index is 10.6. The van der Waals surface area contributed by atoms with E-state index in [4.69, 9.17) is 0 Å². The van der Waals surface area contributed by atoms with Crippen molar-refractivity contribution in [2.24, 2.45) is 0 Å². The number of rotatable bonds is 6. The molecule has 1 unspecified atom stereocenters. The molecule has 0 aliphatic carbocycles. The first kappa shape index (κ1) is 14.2. The average Bonchev–Trinajstić information content (AvgIpc) is 2.77.